The van der Waals surface area contributed by atoms with Gasteiger partial charge in [-0.15, -0.1) is 0 Å². The van der Waals surface area contributed by atoms with Gasteiger partial charge in [0, 0.05) is 16.4 Å². The number of benzene rings is 2. The van der Waals surface area contributed by atoms with Crippen LogP contribution in [0.3, 0.4) is 0 Å². The molecule has 0 radical (unpaired) electrons. The zero-order chi connectivity index (χ0) is 11.8. The Morgan fingerprint density at radius 1 is 0.812 bits per heavy atom. The topological polar surface area (TPSA) is 38.0 Å². The van der Waals surface area contributed by atoms with Crippen molar-refractivity contribution >= 4 is 23.0 Å². The fourth-order valence-corrected chi connectivity index (χ4v) is 1.35. The smallest absolute Gasteiger partial charge is 0.0407 e. The van der Waals surface area contributed by atoms with E-state index in [1.165, 1.54) is 7.05 Å². The number of nitrogens with two attached hydrogens (primary N) is 1. The van der Waals surface area contributed by atoms with Crippen molar-refractivity contribution in [2.45, 2.75) is 0 Å². The molecule has 3 N–H and O–H groups in total. The van der Waals surface area contributed by atoms with Crippen molar-refractivity contribution in [1.82, 2.24) is 0 Å². The lowest BCUT2D eigenvalue weighted by molar-refractivity contribution is 1.48. The lowest BCUT2D eigenvalue weighted by Crippen LogP contribution is -1.88. The minimum absolute atomic E-state index is 0.753. The maximum absolute atomic E-state index is 5.79. The number of anilines is 2. The van der Waals surface area contributed by atoms with Crippen LogP contribution in [0.5, 0.6) is 0 Å². The number of hydrogen-bond donors (Lipinski definition) is 2. The van der Waals surface area contributed by atoms with Crippen LogP contribution in [0.1, 0.15) is 0 Å². The van der Waals surface area contributed by atoms with E-state index in [2.05, 4.69) is 11.1 Å². The first-order chi connectivity index (χ1) is 7.84. The van der Waals surface area contributed by atoms with E-state index >= 15 is 0 Å². The number of nitrogens with one attached hydrogen (secondary N) is 1. The largest absolute Gasteiger partial charge is 0.356 e. The van der Waals surface area contributed by atoms with Crippen molar-refractivity contribution in [3.8, 4) is 0 Å². The molecule has 3 heteroatoms. The van der Waals surface area contributed by atoms with E-state index in [0.29, 0.717) is 0 Å². The van der Waals surface area contributed by atoms with Crippen molar-refractivity contribution in [3.63, 3.8) is 0 Å². The van der Waals surface area contributed by atoms with Gasteiger partial charge in [0.15, 0.2) is 0 Å². The molecule has 16 heavy (non-hydrogen) atoms. The molecule has 2 aromatic carbocycles. The molecule has 0 fully saturated rings. The predicted molar refractivity (Wildman–Crippen MR) is 71.3 cm³/mol. The molecule has 0 saturated carbocycles. The van der Waals surface area contributed by atoms with E-state index in [4.69, 9.17) is 11.6 Å². The first-order valence-corrected chi connectivity index (χ1v) is 5.38. The lowest BCUT2D eigenvalue weighted by Gasteiger charge is -2.05. The van der Waals surface area contributed by atoms with Gasteiger partial charge in [0.05, 0.1) is 0 Å². The highest BCUT2D eigenvalue weighted by molar-refractivity contribution is 6.30. The third-order valence-corrected chi connectivity index (χ3v) is 2.16. The highest BCUT2D eigenvalue weighted by Crippen LogP contribution is 2.18. The van der Waals surface area contributed by atoms with E-state index in [1.54, 1.807) is 0 Å². The summed E-state index contributed by atoms with van der Waals surface area (Å²) in [5, 5.41) is 4.03. The van der Waals surface area contributed by atoms with Crippen LogP contribution in [0.25, 0.3) is 0 Å². The Balaban J connectivity index is 0.000000606. The first-order valence-electron chi connectivity index (χ1n) is 5.00. The van der Waals surface area contributed by atoms with Gasteiger partial charge in [-0.1, -0.05) is 29.8 Å². The first kappa shape index (κ1) is 12.6. The number of hydrogen-bond acceptors (Lipinski definition) is 2. The summed E-state index contributed by atoms with van der Waals surface area (Å²) in [6, 6.07) is 17.7. The Morgan fingerprint density at radius 2 is 1.31 bits per heavy atom. The third kappa shape index (κ3) is 3.93. The standard InChI is InChI=1S/C12H10ClN.CH5N/c13-10-6-8-12(9-7-10)14-11-4-2-1-3-5-11;1-2/h1-9,14H;2H2,1H3. The van der Waals surface area contributed by atoms with Gasteiger partial charge in [0.2, 0.25) is 0 Å². The minimum atomic E-state index is 0.753. The molecule has 0 heterocycles. The van der Waals surface area contributed by atoms with Gasteiger partial charge in [0.25, 0.3) is 0 Å². The zero-order valence-electron chi connectivity index (χ0n) is 9.15. The van der Waals surface area contributed by atoms with Crippen LogP contribution in [0.15, 0.2) is 54.6 Å². The summed E-state index contributed by atoms with van der Waals surface area (Å²) in [5.41, 5.74) is 6.62. The lowest BCUT2D eigenvalue weighted by atomic mass is 10.3. The summed E-state index contributed by atoms with van der Waals surface area (Å²) in [6.07, 6.45) is 0. The molecule has 0 aromatic heterocycles. The summed E-state index contributed by atoms with van der Waals surface area (Å²) >= 11 is 5.79. The molecular formula is C13H15ClN2. The summed E-state index contributed by atoms with van der Waals surface area (Å²) in [4.78, 5) is 0. The van der Waals surface area contributed by atoms with Crippen LogP contribution < -0.4 is 11.1 Å². The van der Waals surface area contributed by atoms with Crippen LogP contribution in [-0.2, 0) is 0 Å². The Kier molecular flexibility index (Phi) is 5.40. The second-order valence-corrected chi connectivity index (χ2v) is 3.43. The Bertz CT molecular complexity index is 398. The molecule has 2 rings (SSSR count). The van der Waals surface area contributed by atoms with E-state index in [9.17, 15) is 0 Å². The molecule has 84 valence electrons. The molecule has 0 atom stereocenters. The molecule has 2 aromatic rings. The molecule has 0 bridgehead atoms. The zero-order valence-corrected chi connectivity index (χ0v) is 9.91. The molecule has 2 nitrogen and oxygen atoms in total. The Labute approximate surface area is 101 Å². The quantitative estimate of drug-likeness (QED) is 0.832. The second-order valence-electron chi connectivity index (χ2n) is 3.00. The average molecular weight is 235 g/mol. The van der Waals surface area contributed by atoms with Crippen molar-refractivity contribution in [2.75, 3.05) is 12.4 Å². The van der Waals surface area contributed by atoms with Crippen molar-refractivity contribution in [2.24, 2.45) is 5.73 Å². The average Bonchev–Trinajstić information content (AvgIpc) is 2.36. The number of rotatable bonds is 2. The summed E-state index contributed by atoms with van der Waals surface area (Å²) in [5.74, 6) is 0. The van der Waals surface area contributed by atoms with Gasteiger partial charge < -0.3 is 11.1 Å². The van der Waals surface area contributed by atoms with Gasteiger partial charge in [0.1, 0.15) is 0 Å². The van der Waals surface area contributed by atoms with E-state index in [-0.39, 0.29) is 0 Å². The van der Waals surface area contributed by atoms with Crippen LogP contribution in [0.4, 0.5) is 11.4 Å². The van der Waals surface area contributed by atoms with Crippen LogP contribution in [0.2, 0.25) is 5.02 Å². The van der Waals surface area contributed by atoms with Gasteiger partial charge >= 0.3 is 0 Å². The maximum atomic E-state index is 5.79. The highest BCUT2D eigenvalue weighted by Gasteiger charge is 1.92. The number of halogens is 1. The predicted octanol–water partition coefficient (Wildman–Crippen LogP) is 3.66. The second kappa shape index (κ2) is 6.88. The van der Waals surface area contributed by atoms with Crippen molar-refractivity contribution in [1.29, 1.82) is 0 Å². The highest BCUT2D eigenvalue weighted by atomic mass is 35.5. The van der Waals surface area contributed by atoms with E-state index in [0.717, 1.165) is 16.4 Å². The van der Waals surface area contributed by atoms with E-state index in [1.807, 2.05) is 54.6 Å². The molecule has 0 aliphatic heterocycles. The van der Waals surface area contributed by atoms with Crippen molar-refractivity contribution in [3.05, 3.63) is 59.6 Å². The Morgan fingerprint density at radius 3 is 1.88 bits per heavy atom. The summed E-state index contributed by atoms with van der Waals surface area (Å²) in [7, 11) is 1.50. The van der Waals surface area contributed by atoms with Crippen LogP contribution >= 0.6 is 11.6 Å². The van der Waals surface area contributed by atoms with Crippen LogP contribution in [0, 0.1) is 0 Å². The SMILES string of the molecule is CN.Clc1ccc(Nc2ccccc2)cc1. The van der Waals surface area contributed by atoms with E-state index < -0.39 is 0 Å². The summed E-state index contributed by atoms with van der Waals surface area (Å²) in [6.45, 7) is 0. The van der Waals surface area contributed by atoms with Crippen LogP contribution in [-0.4, -0.2) is 7.05 Å². The Hall–Kier alpha value is -1.51. The van der Waals surface area contributed by atoms with Crippen molar-refractivity contribution < 1.29 is 0 Å². The maximum Gasteiger partial charge on any atom is 0.0407 e. The van der Waals surface area contributed by atoms with Gasteiger partial charge in [-0.05, 0) is 43.4 Å². The van der Waals surface area contributed by atoms with Gasteiger partial charge in [-0.2, -0.15) is 0 Å². The molecule has 0 saturated heterocycles. The molecule has 0 aliphatic carbocycles. The fraction of sp³-hybridized carbons (Fsp3) is 0.0769. The van der Waals surface area contributed by atoms with Gasteiger partial charge in [-0.3, -0.25) is 0 Å². The normalized spacial score (nSPS) is 8.94. The molecule has 0 amide bonds. The fourth-order valence-electron chi connectivity index (χ4n) is 1.22. The molecule has 0 aliphatic rings. The number of para-hydroxylation sites is 1. The molecule has 0 unspecified atom stereocenters. The molecule has 0 spiro atoms. The third-order valence-electron chi connectivity index (χ3n) is 1.91. The summed E-state index contributed by atoms with van der Waals surface area (Å²) < 4.78 is 0. The minimum Gasteiger partial charge on any atom is -0.356 e. The monoisotopic (exact) mass is 234 g/mol. The molecular weight excluding hydrogens is 220 g/mol. The van der Waals surface area contributed by atoms with Gasteiger partial charge in [-0.25, -0.2) is 0 Å².